The van der Waals surface area contributed by atoms with Gasteiger partial charge in [0.05, 0.1) is 47.2 Å². The summed E-state index contributed by atoms with van der Waals surface area (Å²) in [5.74, 6) is 0.460. The van der Waals surface area contributed by atoms with Crippen LogP contribution in [0.15, 0.2) is 18.3 Å². The summed E-state index contributed by atoms with van der Waals surface area (Å²) >= 11 is 6.23. The quantitative estimate of drug-likeness (QED) is 0.353. The number of imidazole rings is 1. The van der Waals surface area contributed by atoms with E-state index < -0.39 is 11.9 Å². The molecular formula is C27H37ClFN7O4. The van der Waals surface area contributed by atoms with Crippen LogP contribution in [0.3, 0.4) is 0 Å². The smallest absolute Gasteiger partial charge is 0.404 e. The number of nitrogen functional groups attached to an aromatic ring is 1. The summed E-state index contributed by atoms with van der Waals surface area (Å²) in [7, 11) is 1.35. The number of amides is 1. The van der Waals surface area contributed by atoms with Crippen molar-refractivity contribution < 1.29 is 24.1 Å². The predicted octanol–water partition coefficient (Wildman–Crippen LogP) is 4.48. The van der Waals surface area contributed by atoms with Crippen LogP contribution in [0, 0.1) is 11.2 Å². The Morgan fingerprint density at radius 1 is 1.23 bits per heavy atom. The normalized spacial score (nSPS) is 17.8. The first-order valence-electron chi connectivity index (χ1n) is 13.4. The molecule has 2 aliphatic heterocycles. The number of nitrogens with two attached hydrogens (primary N) is 1. The van der Waals surface area contributed by atoms with Gasteiger partial charge in [0.1, 0.15) is 5.52 Å². The maximum absolute atomic E-state index is 15.0. The fraction of sp³-hybridized carbons (Fsp3) is 0.556. The van der Waals surface area contributed by atoms with Gasteiger partial charge in [0, 0.05) is 31.7 Å². The van der Waals surface area contributed by atoms with Crippen molar-refractivity contribution in [2.75, 3.05) is 44.0 Å². The number of anilines is 2. The maximum Gasteiger partial charge on any atom is 0.404 e. The van der Waals surface area contributed by atoms with E-state index in [1.54, 1.807) is 0 Å². The van der Waals surface area contributed by atoms with Gasteiger partial charge in [-0.1, -0.05) is 30.9 Å². The molecule has 3 aromatic rings. The van der Waals surface area contributed by atoms with Crippen LogP contribution in [0.5, 0.6) is 0 Å². The Bertz CT molecular complexity index is 1330. The van der Waals surface area contributed by atoms with E-state index in [2.05, 4.69) is 38.3 Å². The molecule has 1 spiro atoms. The molecular weight excluding hydrogens is 541 g/mol. The van der Waals surface area contributed by atoms with Gasteiger partial charge >= 0.3 is 6.09 Å². The van der Waals surface area contributed by atoms with E-state index in [9.17, 15) is 4.79 Å². The molecule has 3 aliphatic rings. The van der Waals surface area contributed by atoms with E-state index in [1.807, 2.05) is 11.4 Å². The number of hydrogen-bond donors (Lipinski definition) is 4. The molecule has 1 amide bonds. The van der Waals surface area contributed by atoms with Crippen LogP contribution in [0.25, 0.3) is 22.3 Å². The van der Waals surface area contributed by atoms with E-state index in [4.69, 9.17) is 32.3 Å². The lowest BCUT2D eigenvalue weighted by atomic mass is 9.78. The largest absolute Gasteiger partial charge is 0.465 e. The summed E-state index contributed by atoms with van der Waals surface area (Å²) in [4.78, 5) is 24.1. The van der Waals surface area contributed by atoms with E-state index in [-0.39, 0.29) is 23.5 Å². The zero-order chi connectivity index (χ0) is 29.0. The van der Waals surface area contributed by atoms with Gasteiger partial charge in [-0.2, -0.15) is 0 Å². The van der Waals surface area contributed by atoms with Crippen molar-refractivity contribution >= 4 is 40.6 Å². The maximum atomic E-state index is 15.0. The van der Waals surface area contributed by atoms with Crippen LogP contribution >= 0.6 is 11.6 Å². The lowest BCUT2D eigenvalue weighted by Crippen LogP contribution is -2.66. The molecule has 1 aromatic carbocycles. The van der Waals surface area contributed by atoms with Crippen molar-refractivity contribution in [3.63, 3.8) is 0 Å². The fourth-order valence-electron chi connectivity index (χ4n) is 5.15. The third-order valence-electron chi connectivity index (χ3n) is 7.22. The molecule has 0 radical (unpaired) electrons. The van der Waals surface area contributed by atoms with E-state index in [1.165, 1.54) is 38.6 Å². The Labute approximate surface area is 237 Å². The Morgan fingerprint density at radius 2 is 1.88 bits per heavy atom. The molecule has 3 fully saturated rings. The molecule has 0 bridgehead atoms. The molecule has 6 rings (SSSR count). The summed E-state index contributed by atoms with van der Waals surface area (Å²) in [5.41, 5.74) is 7.95. The summed E-state index contributed by atoms with van der Waals surface area (Å²) in [5, 5.41) is 18.8. The van der Waals surface area contributed by atoms with Gasteiger partial charge < -0.3 is 35.5 Å². The Morgan fingerprint density at radius 3 is 2.38 bits per heavy atom. The molecule has 218 valence electrons. The number of carbonyl (C=O) groups is 1. The number of aromatic nitrogens is 4. The van der Waals surface area contributed by atoms with Gasteiger partial charge in [0.2, 0.25) is 11.9 Å². The van der Waals surface area contributed by atoms with Crippen LogP contribution < -0.4 is 16.0 Å². The highest BCUT2D eigenvalue weighted by Gasteiger charge is 2.50. The second kappa shape index (κ2) is 12.5. The second-order valence-electron chi connectivity index (χ2n) is 10.8. The average molecular weight is 578 g/mol. The molecule has 2 saturated heterocycles. The first-order valence-corrected chi connectivity index (χ1v) is 13.8. The predicted molar refractivity (Wildman–Crippen MR) is 152 cm³/mol. The van der Waals surface area contributed by atoms with Gasteiger partial charge in [-0.05, 0) is 38.8 Å². The monoisotopic (exact) mass is 577 g/mol. The van der Waals surface area contributed by atoms with Gasteiger partial charge in [-0.3, -0.25) is 0 Å². The number of rotatable bonds is 3. The minimum Gasteiger partial charge on any atom is -0.465 e. The van der Waals surface area contributed by atoms with Crippen LogP contribution in [-0.4, -0.2) is 75.3 Å². The van der Waals surface area contributed by atoms with Gasteiger partial charge in [-0.15, -0.1) is 0 Å². The minimum absolute atomic E-state index is 0.0359. The van der Waals surface area contributed by atoms with Crippen LogP contribution in [-0.2, 0) is 4.74 Å². The standard InChI is InChI=1S/C19H20ClFN6O.C6H12O.C2H5NO2/c1-10(2)27-14-4-11(15-12(20)5-23-17(22)24-15)3-13(21)16(14)25-18(27)26-6-19(7-26)8-28-9-19;7-6-4-2-1-3-5-6;1-3-2(4)5/h3-5,10H,6-9H2,1-2H3,(H2,22,23,24);6-7H,1-5H2;3H,1H3,(H,4,5). The molecule has 0 atom stereocenters. The highest BCUT2D eigenvalue weighted by atomic mass is 35.5. The lowest BCUT2D eigenvalue weighted by Gasteiger charge is -2.55. The first kappa shape index (κ1) is 29.8. The highest BCUT2D eigenvalue weighted by molar-refractivity contribution is 6.33. The number of benzene rings is 1. The van der Waals surface area contributed by atoms with Gasteiger partial charge in [-0.25, -0.2) is 24.1 Å². The molecule has 1 saturated carbocycles. The zero-order valence-corrected chi connectivity index (χ0v) is 23.8. The third-order valence-corrected chi connectivity index (χ3v) is 7.50. The van der Waals surface area contributed by atoms with Gasteiger partial charge in [0.15, 0.2) is 5.82 Å². The summed E-state index contributed by atoms with van der Waals surface area (Å²) < 4.78 is 22.4. The minimum atomic E-state index is -0.995. The lowest BCUT2D eigenvalue weighted by molar-refractivity contribution is -0.127. The van der Waals surface area contributed by atoms with Crippen molar-refractivity contribution in [2.24, 2.45) is 5.41 Å². The topological polar surface area (TPSA) is 152 Å². The summed E-state index contributed by atoms with van der Waals surface area (Å²) in [6.07, 6.45) is 6.35. The molecule has 0 unspecified atom stereocenters. The Balaban J connectivity index is 0.000000257. The number of halogens is 2. The fourth-order valence-corrected chi connectivity index (χ4v) is 5.35. The molecule has 11 nitrogen and oxygen atoms in total. The van der Waals surface area contributed by atoms with Crippen molar-refractivity contribution in [1.82, 2.24) is 24.8 Å². The first-order chi connectivity index (χ1) is 19.0. The van der Waals surface area contributed by atoms with Crippen LogP contribution in [0.2, 0.25) is 5.02 Å². The number of aliphatic hydroxyl groups is 1. The van der Waals surface area contributed by atoms with E-state index in [0.717, 1.165) is 45.1 Å². The Kier molecular flexibility index (Phi) is 9.32. The van der Waals surface area contributed by atoms with E-state index >= 15 is 4.39 Å². The van der Waals surface area contributed by atoms with Crippen molar-refractivity contribution in [3.05, 3.63) is 29.2 Å². The SMILES string of the molecule is CC(C)n1c(N2CC3(COC3)C2)nc2c(F)cc(-c3nc(N)ncc3Cl)cc21.CNC(=O)O.OC1CCCCC1. The molecule has 5 N–H and O–H groups in total. The number of carboxylic acid groups (broad SMARTS) is 1. The number of ether oxygens (including phenoxy) is 1. The summed E-state index contributed by atoms with van der Waals surface area (Å²) in [6.45, 7) is 7.46. The van der Waals surface area contributed by atoms with E-state index in [0.29, 0.717) is 27.3 Å². The van der Waals surface area contributed by atoms with Gasteiger partial charge in [0.25, 0.3) is 0 Å². The number of nitrogens with zero attached hydrogens (tertiary/aromatic N) is 5. The number of aliphatic hydroxyl groups excluding tert-OH is 1. The highest BCUT2D eigenvalue weighted by Crippen LogP contribution is 2.42. The number of fused-ring (bicyclic) bond motifs is 1. The summed E-state index contributed by atoms with van der Waals surface area (Å²) in [6, 6.07) is 3.37. The third kappa shape index (κ3) is 6.56. The molecule has 2 aromatic heterocycles. The molecule has 13 heteroatoms. The molecule has 4 heterocycles. The number of hydrogen-bond acceptors (Lipinski definition) is 8. The average Bonchev–Trinajstić information content (AvgIpc) is 3.25. The molecule has 40 heavy (non-hydrogen) atoms. The van der Waals surface area contributed by atoms with Crippen molar-refractivity contribution in [3.8, 4) is 11.3 Å². The number of nitrogens with one attached hydrogen (secondary N) is 1. The Hall–Kier alpha value is -3.22. The van der Waals surface area contributed by atoms with Crippen LogP contribution in [0.4, 0.5) is 21.1 Å². The second-order valence-corrected chi connectivity index (χ2v) is 11.2. The van der Waals surface area contributed by atoms with Crippen molar-refractivity contribution in [2.45, 2.75) is 58.1 Å². The van der Waals surface area contributed by atoms with Crippen molar-refractivity contribution in [1.29, 1.82) is 0 Å². The molecule has 1 aliphatic carbocycles. The van der Waals surface area contributed by atoms with Crippen LogP contribution in [0.1, 0.15) is 52.0 Å². The zero-order valence-electron chi connectivity index (χ0n) is 23.0.